The van der Waals surface area contributed by atoms with E-state index >= 15 is 0 Å². The van der Waals surface area contributed by atoms with Crippen LogP contribution in [0.2, 0.25) is 0 Å². The maximum Gasteiger partial charge on any atom is 0.218 e. The van der Waals surface area contributed by atoms with Gasteiger partial charge in [-0.3, -0.25) is 4.98 Å². The number of halogens is 1. The predicted molar refractivity (Wildman–Crippen MR) is 101 cm³/mol. The van der Waals surface area contributed by atoms with Crippen molar-refractivity contribution in [1.82, 2.24) is 9.29 Å². The summed E-state index contributed by atoms with van der Waals surface area (Å²) in [5.74, 6) is -0.205. The number of sulfonamides is 1. The van der Waals surface area contributed by atoms with Crippen molar-refractivity contribution in [3.05, 3.63) is 72.2 Å². The summed E-state index contributed by atoms with van der Waals surface area (Å²) in [6.45, 7) is 0.611. The largest absolute Gasteiger partial charge is 0.487 e. The van der Waals surface area contributed by atoms with Crippen LogP contribution in [0.25, 0.3) is 10.9 Å². The van der Waals surface area contributed by atoms with Gasteiger partial charge in [0, 0.05) is 23.7 Å². The Bertz CT molecular complexity index is 1070. The van der Waals surface area contributed by atoms with Crippen LogP contribution in [-0.4, -0.2) is 36.9 Å². The zero-order chi connectivity index (χ0) is 18.9. The summed E-state index contributed by atoms with van der Waals surface area (Å²) in [6, 6.07) is 15.4. The van der Waals surface area contributed by atoms with Crippen LogP contribution < -0.4 is 4.74 Å². The summed E-state index contributed by atoms with van der Waals surface area (Å²) < 4.78 is 46.5. The number of hydrogen-bond acceptors (Lipinski definition) is 4. The van der Waals surface area contributed by atoms with Crippen molar-refractivity contribution in [1.29, 1.82) is 0 Å². The number of hydrogen-bond donors (Lipinski definition) is 0. The molecule has 4 rings (SSSR count). The lowest BCUT2D eigenvalue weighted by molar-refractivity contribution is 0.218. The van der Waals surface area contributed by atoms with Crippen molar-refractivity contribution >= 4 is 20.9 Å². The molecule has 1 aliphatic rings. The standard InChI is InChI=1S/C20H19FN2O3S/c21-18-8-2-1-5-16(18)14-27(24,25)23-12-10-17(13-23)26-19-9-3-6-15-7-4-11-22-20(15)19/h1-9,11,17H,10,12-14H2. The molecule has 0 radical (unpaired) electrons. The fraction of sp³-hybridized carbons (Fsp3) is 0.250. The summed E-state index contributed by atoms with van der Waals surface area (Å²) in [7, 11) is -3.61. The number of ether oxygens (including phenoxy) is 1. The minimum Gasteiger partial charge on any atom is -0.487 e. The molecule has 1 aliphatic heterocycles. The zero-order valence-corrected chi connectivity index (χ0v) is 15.4. The fourth-order valence-corrected chi connectivity index (χ4v) is 4.89. The zero-order valence-electron chi connectivity index (χ0n) is 14.6. The van der Waals surface area contributed by atoms with Crippen molar-refractivity contribution in [3.8, 4) is 5.75 Å². The molecule has 0 amide bonds. The molecule has 1 atom stereocenters. The number of fused-ring (bicyclic) bond motifs is 1. The maximum absolute atomic E-state index is 13.8. The minimum absolute atomic E-state index is 0.181. The van der Waals surface area contributed by atoms with Crippen LogP contribution in [0.3, 0.4) is 0 Å². The molecule has 140 valence electrons. The molecule has 0 N–H and O–H groups in total. The van der Waals surface area contributed by atoms with Crippen molar-refractivity contribution in [2.45, 2.75) is 18.3 Å². The van der Waals surface area contributed by atoms with E-state index in [9.17, 15) is 12.8 Å². The second-order valence-electron chi connectivity index (χ2n) is 6.57. The smallest absolute Gasteiger partial charge is 0.218 e. The summed E-state index contributed by atoms with van der Waals surface area (Å²) in [4.78, 5) is 4.36. The van der Waals surface area contributed by atoms with Gasteiger partial charge in [-0.1, -0.05) is 36.4 Å². The van der Waals surface area contributed by atoms with Gasteiger partial charge in [0.05, 0.1) is 12.3 Å². The molecule has 0 aliphatic carbocycles. The van der Waals surface area contributed by atoms with Gasteiger partial charge < -0.3 is 4.74 Å². The van der Waals surface area contributed by atoms with Gasteiger partial charge in [0.1, 0.15) is 23.2 Å². The number of nitrogens with zero attached hydrogens (tertiary/aromatic N) is 2. The normalized spacial score (nSPS) is 18.0. The van der Waals surface area contributed by atoms with Gasteiger partial charge in [0.15, 0.2) is 0 Å². The van der Waals surface area contributed by atoms with E-state index in [1.807, 2.05) is 30.3 Å². The molecule has 1 saturated heterocycles. The summed E-state index contributed by atoms with van der Waals surface area (Å²) >= 11 is 0. The molecule has 3 aromatic rings. The molecule has 2 heterocycles. The minimum atomic E-state index is -3.61. The molecule has 0 spiro atoms. The van der Waals surface area contributed by atoms with Gasteiger partial charge in [-0.05, 0) is 24.6 Å². The number of benzene rings is 2. The van der Waals surface area contributed by atoms with E-state index in [1.54, 1.807) is 18.3 Å². The van der Waals surface area contributed by atoms with Gasteiger partial charge in [-0.15, -0.1) is 0 Å². The van der Waals surface area contributed by atoms with Crippen LogP contribution in [-0.2, 0) is 15.8 Å². The summed E-state index contributed by atoms with van der Waals surface area (Å²) in [5, 5.41) is 0.969. The number of pyridine rings is 1. The maximum atomic E-state index is 13.8. The Hall–Kier alpha value is -2.51. The molecule has 5 nitrogen and oxygen atoms in total. The van der Waals surface area contributed by atoms with E-state index in [2.05, 4.69) is 4.98 Å². The second kappa shape index (κ2) is 7.25. The van der Waals surface area contributed by atoms with Crippen LogP contribution in [0.4, 0.5) is 4.39 Å². The van der Waals surface area contributed by atoms with Crippen LogP contribution >= 0.6 is 0 Å². The average molecular weight is 386 g/mol. The summed E-state index contributed by atoms with van der Waals surface area (Å²) in [6.07, 6.45) is 2.03. The number of para-hydroxylation sites is 1. The molecule has 27 heavy (non-hydrogen) atoms. The van der Waals surface area contributed by atoms with Crippen LogP contribution in [0.1, 0.15) is 12.0 Å². The SMILES string of the molecule is O=S(=O)(Cc1ccccc1F)N1CCC(Oc2cccc3cccnc23)C1. The quantitative estimate of drug-likeness (QED) is 0.675. The van der Waals surface area contributed by atoms with Crippen LogP contribution in [0.5, 0.6) is 5.75 Å². The Morgan fingerprint density at radius 3 is 2.78 bits per heavy atom. The molecule has 2 aromatic carbocycles. The van der Waals surface area contributed by atoms with Crippen molar-refractivity contribution in [2.24, 2.45) is 0 Å². The first kappa shape index (κ1) is 17.9. The first-order chi connectivity index (χ1) is 13.0. The van der Waals surface area contributed by atoms with Gasteiger partial charge in [0.2, 0.25) is 10.0 Å². The molecule has 1 fully saturated rings. The monoisotopic (exact) mass is 386 g/mol. The molecule has 1 aromatic heterocycles. The lowest BCUT2D eigenvalue weighted by Crippen LogP contribution is -2.32. The molecule has 1 unspecified atom stereocenters. The predicted octanol–water partition coefficient (Wildman–Crippen LogP) is 3.36. The lowest BCUT2D eigenvalue weighted by atomic mass is 10.2. The Balaban J connectivity index is 1.47. The van der Waals surface area contributed by atoms with Gasteiger partial charge >= 0.3 is 0 Å². The van der Waals surface area contributed by atoms with Gasteiger partial charge in [-0.2, -0.15) is 4.31 Å². The third-order valence-electron chi connectivity index (χ3n) is 4.69. The van der Waals surface area contributed by atoms with Crippen molar-refractivity contribution in [2.75, 3.05) is 13.1 Å². The first-order valence-corrected chi connectivity index (χ1v) is 10.4. The Morgan fingerprint density at radius 2 is 1.93 bits per heavy atom. The van der Waals surface area contributed by atoms with E-state index in [1.165, 1.54) is 16.4 Å². The topological polar surface area (TPSA) is 59.5 Å². The Labute approximate surface area is 157 Å². The third kappa shape index (κ3) is 3.79. The summed E-state index contributed by atoms with van der Waals surface area (Å²) in [5.41, 5.74) is 0.938. The lowest BCUT2D eigenvalue weighted by Gasteiger charge is -2.18. The highest BCUT2D eigenvalue weighted by Gasteiger charge is 2.33. The fourth-order valence-electron chi connectivity index (χ4n) is 3.30. The second-order valence-corrected chi connectivity index (χ2v) is 8.53. The molecule has 7 heteroatoms. The van der Waals surface area contributed by atoms with E-state index in [0.717, 1.165) is 10.9 Å². The van der Waals surface area contributed by atoms with E-state index in [4.69, 9.17) is 4.74 Å². The third-order valence-corrected chi connectivity index (χ3v) is 6.48. The van der Waals surface area contributed by atoms with Crippen LogP contribution in [0.15, 0.2) is 60.8 Å². The molecule has 0 saturated carbocycles. The Morgan fingerprint density at radius 1 is 1.11 bits per heavy atom. The average Bonchev–Trinajstić information content (AvgIpc) is 3.13. The van der Waals surface area contributed by atoms with Crippen LogP contribution in [0, 0.1) is 5.82 Å². The highest BCUT2D eigenvalue weighted by molar-refractivity contribution is 7.88. The molecular weight excluding hydrogens is 367 g/mol. The first-order valence-electron chi connectivity index (χ1n) is 8.74. The van der Waals surface area contributed by atoms with Gasteiger partial charge in [0.25, 0.3) is 0 Å². The van der Waals surface area contributed by atoms with Crippen molar-refractivity contribution in [3.63, 3.8) is 0 Å². The van der Waals surface area contributed by atoms with Gasteiger partial charge in [-0.25, -0.2) is 12.8 Å². The number of aromatic nitrogens is 1. The molecule has 0 bridgehead atoms. The van der Waals surface area contributed by atoms with Crippen molar-refractivity contribution < 1.29 is 17.5 Å². The van der Waals surface area contributed by atoms with E-state index < -0.39 is 15.8 Å². The van der Waals surface area contributed by atoms with E-state index in [-0.39, 0.29) is 24.0 Å². The highest BCUT2D eigenvalue weighted by atomic mass is 32.2. The highest BCUT2D eigenvalue weighted by Crippen LogP contribution is 2.27. The molecular formula is C20H19FN2O3S. The Kier molecular flexibility index (Phi) is 4.80. The number of rotatable bonds is 5. The van der Waals surface area contributed by atoms with E-state index in [0.29, 0.717) is 18.7 Å².